The van der Waals surface area contributed by atoms with Gasteiger partial charge in [-0.25, -0.2) is 0 Å². The lowest BCUT2D eigenvalue weighted by Gasteiger charge is -2.33. The second-order valence-corrected chi connectivity index (χ2v) is 6.70. The molecule has 1 unspecified atom stereocenters. The first-order valence-electron chi connectivity index (χ1n) is 8.99. The highest BCUT2D eigenvalue weighted by atomic mass is 16.5. The Kier molecular flexibility index (Phi) is 5.61. The Morgan fingerprint density at radius 2 is 1.88 bits per heavy atom. The van der Waals surface area contributed by atoms with E-state index in [9.17, 15) is 4.79 Å². The molecular formula is C19H28N2O3. The molecule has 0 radical (unpaired) electrons. The van der Waals surface area contributed by atoms with Crippen molar-refractivity contribution in [3.05, 3.63) is 23.8 Å². The molecule has 132 valence electrons. The fourth-order valence-corrected chi connectivity index (χ4v) is 3.94. The highest BCUT2D eigenvalue weighted by Gasteiger charge is 2.32. The van der Waals surface area contributed by atoms with Crippen LogP contribution in [0.25, 0.3) is 0 Å². The molecule has 2 fully saturated rings. The summed E-state index contributed by atoms with van der Waals surface area (Å²) < 4.78 is 10.8. The highest BCUT2D eigenvalue weighted by molar-refractivity contribution is 5.98. The van der Waals surface area contributed by atoms with Gasteiger partial charge < -0.3 is 19.3 Å². The van der Waals surface area contributed by atoms with E-state index in [0.29, 0.717) is 23.1 Å². The molecule has 0 aromatic heterocycles. The normalized spacial score (nSPS) is 21.8. The zero-order chi connectivity index (χ0) is 16.9. The van der Waals surface area contributed by atoms with Crippen LogP contribution in [0.1, 0.15) is 42.5 Å². The van der Waals surface area contributed by atoms with E-state index in [-0.39, 0.29) is 5.91 Å². The van der Waals surface area contributed by atoms with Crippen molar-refractivity contribution in [1.29, 1.82) is 0 Å². The SMILES string of the molecule is COc1cccc(C(=O)N2CCCC2CN2CCCCC2)c1OC. The number of nitrogens with zero attached hydrogens (tertiary/aromatic N) is 2. The minimum atomic E-state index is 0.0604. The van der Waals surface area contributed by atoms with Gasteiger partial charge in [-0.05, 0) is 50.9 Å². The van der Waals surface area contributed by atoms with Gasteiger partial charge in [0.25, 0.3) is 5.91 Å². The van der Waals surface area contributed by atoms with E-state index in [2.05, 4.69) is 4.90 Å². The van der Waals surface area contributed by atoms with E-state index in [1.807, 2.05) is 23.1 Å². The van der Waals surface area contributed by atoms with Crippen LogP contribution >= 0.6 is 0 Å². The quantitative estimate of drug-likeness (QED) is 0.831. The number of ether oxygens (including phenoxy) is 2. The van der Waals surface area contributed by atoms with Crippen molar-refractivity contribution < 1.29 is 14.3 Å². The van der Waals surface area contributed by atoms with Gasteiger partial charge in [0.1, 0.15) is 0 Å². The Morgan fingerprint density at radius 3 is 2.58 bits per heavy atom. The number of carbonyl (C=O) groups excluding carboxylic acids is 1. The van der Waals surface area contributed by atoms with Crippen molar-refractivity contribution in [3.63, 3.8) is 0 Å². The number of para-hydroxylation sites is 1. The summed E-state index contributed by atoms with van der Waals surface area (Å²) >= 11 is 0. The van der Waals surface area contributed by atoms with E-state index in [1.165, 1.54) is 32.4 Å². The van der Waals surface area contributed by atoms with E-state index in [4.69, 9.17) is 9.47 Å². The number of rotatable bonds is 5. The fraction of sp³-hybridized carbons (Fsp3) is 0.632. The van der Waals surface area contributed by atoms with Crippen LogP contribution in [0.2, 0.25) is 0 Å². The maximum absolute atomic E-state index is 13.1. The molecule has 2 aliphatic heterocycles. The summed E-state index contributed by atoms with van der Waals surface area (Å²) in [5.74, 6) is 1.20. The van der Waals surface area contributed by atoms with E-state index >= 15 is 0 Å². The van der Waals surface area contributed by atoms with Crippen LogP contribution in [0.4, 0.5) is 0 Å². The number of amides is 1. The molecule has 5 nitrogen and oxygen atoms in total. The topological polar surface area (TPSA) is 42.0 Å². The number of likely N-dealkylation sites (tertiary alicyclic amines) is 2. The first kappa shape index (κ1) is 17.1. The Morgan fingerprint density at radius 1 is 1.08 bits per heavy atom. The first-order valence-corrected chi connectivity index (χ1v) is 8.99. The number of piperidine rings is 1. The van der Waals surface area contributed by atoms with Gasteiger partial charge in [-0.2, -0.15) is 0 Å². The summed E-state index contributed by atoms with van der Waals surface area (Å²) in [5, 5.41) is 0. The maximum atomic E-state index is 13.1. The summed E-state index contributed by atoms with van der Waals surface area (Å²) in [6.07, 6.45) is 6.07. The molecule has 0 N–H and O–H groups in total. The highest BCUT2D eigenvalue weighted by Crippen LogP contribution is 2.33. The smallest absolute Gasteiger partial charge is 0.258 e. The molecule has 0 aliphatic carbocycles. The minimum absolute atomic E-state index is 0.0604. The van der Waals surface area contributed by atoms with Crippen LogP contribution in [-0.4, -0.2) is 62.1 Å². The lowest BCUT2D eigenvalue weighted by molar-refractivity contribution is 0.0686. The summed E-state index contributed by atoms with van der Waals surface area (Å²) in [4.78, 5) is 17.7. The standard InChI is InChI=1S/C19H28N2O3/c1-23-17-10-6-9-16(18(17)24-2)19(22)21-13-7-8-15(21)14-20-11-4-3-5-12-20/h6,9-10,15H,3-5,7-8,11-14H2,1-2H3. The van der Waals surface area contributed by atoms with Crippen molar-refractivity contribution in [1.82, 2.24) is 9.80 Å². The Labute approximate surface area is 144 Å². The van der Waals surface area contributed by atoms with Crippen molar-refractivity contribution in [2.24, 2.45) is 0 Å². The molecule has 5 heteroatoms. The molecule has 24 heavy (non-hydrogen) atoms. The lowest BCUT2D eigenvalue weighted by atomic mass is 10.1. The van der Waals surface area contributed by atoms with Crippen LogP contribution in [-0.2, 0) is 0 Å². The van der Waals surface area contributed by atoms with Crippen LogP contribution in [0.3, 0.4) is 0 Å². The number of hydrogen-bond acceptors (Lipinski definition) is 4. The van der Waals surface area contributed by atoms with Crippen molar-refractivity contribution >= 4 is 5.91 Å². The molecule has 1 amide bonds. The van der Waals surface area contributed by atoms with Gasteiger partial charge >= 0.3 is 0 Å². The summed E-state index contributed by atoms with van der Waals surface area (Å²) in [6.45, 7) is 4.16. The van der Waals surface area contributed by atoms with Gasteiger partial charge in [-0.1, -0.05) is 12.5 Å². The van der Waals surface area contributed by atoms with Gasteiger partial charge in [0.15, 0.2) is 11.5 Å². The maximum Gasteiger partial charge on any atom is 0.258 e. The third-order valence-electron chi connectivity index (χ3n) is 5.19. The molecule has 3 rings (SSSR count). The minimum Gasteiger partial charge on any atom is -0.493 e. The zero-order valence-electron chi connectivity index (χ0n) is 14.8. The summed E-state index contributed by atoms with van der Waals surface area (Å²) in [5.41, 5.74) is 0.599. The molecule has 2 heterocycles. The van der Waals surface area contributed by atoms with Crippen LogP contribution in [0.5, 0.6) is 11.5 Å². The molecule has 1 aromatic carbocycles. The predicted molar refractivity (Wildman–Crippen MR) is 93.9 cm³/mol. The molecule has 1 atom stereocenters. The van der Waals surface area contributed by atoms with Gasteiger partial charge in [0, 0.05) is 19.1 Å². The number of hydrogen-bond donors (Lipinski definition) is 0. The van der Waals surface area contributed by atoms with E-state index < -0.39 is 0 Å². The second-order valence-electron chi connectivity index (χ2n) is 6.70. The Balaban J connectivity index is 1.76. The van der Waals surface area contributed by atoms with Gasteiger partial charge in [0.2, 0.25) is 0 Å². The second kappa shape index (κ2) is 7.88. The average Bonchev–Trinajstić information content (AvgIpc) is 3.09. The van der Waals surface area contributed by atoms with Crippen molar-refractivity contribution in [2.75, 3.05) is 40.4 Å². The summed E-state index contributed by atoms with van der Waals surface area (Å²) in [7, 11) is 3.19. The molecule has 2 aliphatic rings. The van der Waals surface area contributed by atoms with E-state index in [1.54, 1.807) is 14.2 Å². The Hall–Kier alpha value is -1.75. The van der Waals surface area contributed by atoms with Crippen LogP contribution < -0.4 is 9.47 Å². The predicted octanol–water partition coefficient (Wildman–Crippen LogP) is 2.79. The third kappa shape index (κ3) is 3.51. The summed E-state index contributed by atoms with van der Waals surface area (Å²) in [6, 6.07) is 5.82. The monoisotopic (exact) mass is 332 g/mol. The molecule has 0 bridgehead atoms. The largest absolute Gasteiger partial charge is 0.493 e. The Bertz CT molecular complexity index is 570. The average molecular weight is 332 g/mol. The molecule has 0 saturated carbocycles. The lowest BCUT2D eigenvalue weighted by Crippen LogP contribution is -2.44. The van der Waals surface area contributed by atoms with Crippen LogP contribution in [0, 0.1) is 0 Å². The van der Waals surface area contributed by atoms with Crippen molar-refractivity contribution in [2.45, 2.75) is 38.1 Å². The molecule has 2 saturated heterocycles. The zero-order valence-corrected chi connectivity index (χ0v) is 14.8. The van der Waals surface area contributed by atoms with Gasteiger partial charge in [-0.3, -0.25) is 4.79 Å². The van der Waals surface area contributed by atoms with E-state index in [0.717, 1.165) is 25.9 Å². The van der Waals surface area contributed by atoms with Gasteiger partial charge in [0.05, 0.1) is 19.8 Å². The fourth-order valence-electron chi connectivity index (χ4n) is 3.94. The molecule has 1 aromatic rings. The van der Waals surface area contributed by atoms with Crippen molar-refractivity contribution in [3.8, 4) is 11.5 Å². The molecular weight excluding hydrogens is 304 g/mol. The number of carbonyl (C=O) groups is 1. The molecule has 0 spiro atoms. The van der Waals surface area contributed by atoms with Crippen LogP contribution in [0.15, 0.2) is 18.2 Å². The third-order valence-corrected chi connectivity index (χ3v) is 5.19. The number of benzene rings is 1. The first-order chi connectivity index (χ1) is 11.7. The van der Waals surface area contributed by atoms with Gasteiger partial charge in [-0.15, -0.1) is 0 Å². The number of methoxy groups -OCH3 is 2.